The minimum Gasteiger partial charge on any atom is -0.383 e. The zero-order valence-corrected chi connectivity index (χ0v) is 8.45. The van der Waals surface area contributed by atoms with Crippen LogP contribution in [0.4, 0.5) is 5.69 Å². The van der Waals surface area contributed by atoms with Crippen molar-refractivity contribution in [3.05, 3.63) is 24.0 Å². The van der Waals surface area contributed by atoms with Crippen molar-refractivity contribution in [1.82, 2.24) is 4.98 Å². The summed E-state index contributed by atoms with van der Waals surface area (Å²) in [5.41, 5.74) is 2.17. The molecule has 0 bridgehead atoms. The Kier molecular flexibility index (Phi) is 3.71. The molecule has 0 aliphatic rings. The number of pyridine rings is 1. The van der Waals surface area contributed by atoms with Gasteiger partial charge in [-0.05, 0) is 19.1 Å². The molecule has 0 fully saturated rings. The second-order valence-corrected chi connectivity index (χ2v) is 3.07. The van der Waals surface area contributed by atoms with E-state index in [1.165, 1.54) is 0 Å². The Morgan fingerprint density at radius 1 is 1.46 bits per heavy atom. The Bertz CT molecular complexity index is 246. The molecule has 0 N–H and O–H groups in total. The zero-order chi connectivity index (χ0) is 9.68. The predicted octanol–water partition coefficient (Wildman–Crippen LogP) is 1.47. The summed E-state index contributed by atoms with van der Waals surface area (Å²) in [5, 5.41) is 0. The van der Waals surface area contributed by atoms with Crippen LogP contribution in [0.2, 0.25) is 0 Å². The molecule has 3 nitrogen and oxygen atoms in total. The van der Waals surface area contributed by atoms with Crippen LogP contribution in [-0.4, -0.2) is 32.3 Å². The van der Waals surface area contributed by atoms with Crippen molar-refractivity contribution in [3.63, 3.8) is 0 Å². The van der Waals surface area contributed by atoms with Crippen molar-refractivity contribution in [2.24, 2.45) is 0 Å². The molecule has 13 heavy (non-hydrogen) atoms. The van der Waals surface area contributed by atoms with Crippen LogP contribution in [0.5, 0.6) is 0 Å². The third-order valence-corrected chi connectivity index (χ3v) is 1.97. The largest absolute Gasteiger partial charge is 0.383 e. The highest BCUT2D eigenvalue weighted by Gasteiger charge is 1.99. The van der Waals surface area contributed by atoms with Crippen molar-refractivity contribution in [2.75, 3.05) is 32.2 Å². The number of hydrogen-bond donors (Lipinski definition) is 0. The van der Waals surface area contributed by atoms with E-state index >= 15 is 0 Å². The van der Waals surface area contributed by atoms with Gasteiger partial charge in [-0.15, -0.1) is 0 Å². The van der Waals surface area contributed by atoms with E-state index < -0.39 is 0 Å². The van der Waals surface area contributed by atoms with E-state index in [1.807, 2.05) is 26.2 Å². The molecule has 0 aliphatic carbocycles. The van der Waals surface area contributed by atoms with Gasteiger partial charge in [0.15, 0.2) is 0 Å². The van der Waals surface area contributed by atoms with Gasteiger partial charge in [0.25, 0.3) is 0 Å². The van der Waals surface area contributed by atoms with Crippen LogP contribution in [0.25, 0.3) is 0 Å². The standard InChI is InChI=1S/C10H16N2O/c1-9-4-5-10(8-11-9)12(2)6-7-13-3/h4-5,8H,6-7H2,1-3H3. The Morgan fingerprint density at radius 2 is 2.23 bits per heavy atom. The third kappa shape index (κ3) is 3.03. The number of rotatable bonds is 4. The van der Waals surface area contributed by atoms with Gasteiger partial charge in [0.2, 0.25) is 0 Å². The first-order valence-corrected chi connectivity index (χ1v) is 4.37. The number of hydrogen-bond acceptors (Lipinski definition) is 3. The number of ether oxygens (including phenoxy) is 1. The molecule has 0 spiro atoms. The molecule has 0 saturated heterocycles. The number of aryl methyl sites for hydroxylation is 1. The minimum absolute atomic E-state index is 0.740. The topological polar surface area (TPSA) is 25.4 Å². The van der Waals surface area contributed by atoms with E-state index in [1.54, 1.807) is 7.11 Å². The molecule has 0 aliphatic heterocycles. The summed E-state index contributed by atoms with van der Waals surface area (Å²) in [7, 11) is 3.74. The van der Waals surface area contributed by atoms with E-state index in [-0.39, 0.29) is 0 Å². The first-order valence-electron chi connectivity index (χ1n) is 4.37. The van der Waals surface area contributed by atoms with E-state index in [4.69, 9.17) is 4.74 Å². The predicted molar refractivity (Wildman–Crippen MR) is 54.1 cm³/mol. The van der Waals surface area contributed by atoms with Gasteiger partial charge in [-0.1, -0.05) is 0 Å². The van der Waals surface area contributed by atoms with Gasteiger partial charge in [-0.2, -0.15) is 0 Å². The zero-order valence-electron chi connectivity index (χ0n) is 8.45. The Labute approximate surface area is 79.3 Å². The summed E-state index contributed by atoms with van der Waals surface area (Å²) in [6.45, 7) is 3.62. The quantitative estimate of drug-likeness (QED) is 0.701. The number of likely N-dealkylation sites (N-methyl/N-ethyl adjacent to an activating group) is 1. The minimum atomic E-state index is 0.740. The van der Waals surface area contributed by atoms with Crippen molar-refractivity contribution < 1.29 is 4.74 Å². The van der Waals surface area contributed by atoms with Gasteiger partial charge < -0.3 is 9.64 Å². The second kappa shape index (κ2) is 4.82. The van der Waals surface area contributed by atoms with Crippen molar-refractivity contribution in [1.29, 1.82) is 0 Å². The lowest BCUT2D eigenvalue weighted by atomic mass is 10.3. The average molecular weight is 180 g/mol. The maximum Gasteiger partial charge on any atom is 0.0637 e. The van der Waals surface area contributed by atoms with Crippen LogP contribution in [0.15, 0.2) is 18.3 Å². The van der Waals surface area contributed by atoms with E-state index in [0.717, 1.165) is 24.5 Å². The number of nitrogens with zero attached hydrogens (tertiary/aromatic N) is 2. The first-order chi connectivity index (χ1) is 6.24. The van der Waals surface area contributed by atoms with E-state index in [0.29, 0.717) is 0 Å². The number of aromatic nitrogens is 1. The Balaban J connectivity index is 2.55. The second-order valence-electron chi connectivity index (χ2n) is 3.07. The highest BCUT2D eigenvalue weighted by molar-refractivity contribution is 5.43. The normalized spacial score (nSPS) is 10.1. The smallest absolute Gasteiger partial charge is 0.0637 e. The lowest BCUT2D eigenvalue weighted by Gasteiger charge is -2.18. The fourth-order valence-electron chi connectivity index (χ4n) is 1.04. The molecule has 0 radical (unpaired) electrons. The lowest BCUT2D eigenvalue weighted by Crippen LogP contribution is -2.22. The summed E-state index contributed by atoms with van der Waals surface area (Å²) < 4.78 is 5.00. The molecular weight excluding hydrogens is 164 g/mol. The monoisotopic (exact) mass is 180 g/mol. The van der Waals surface area contributed by atoms with E-state index in [2.05, 4.69) is 16.0 Å². The summed E-state index contributed by atoms with van der Waals surface area (Å²) in [6.07, 6.45) is 1.88. The summed E-state index contributed by atoms with van der Waals surface area (Å²) in [6, 6.07) is 4.08. The molecule has 1 aromatic rings. The maximum atomic E-state index is 5.00. The van der Waals surface area contributed by atoms with Crippen LogP contribution in [0.3, 0.4) is 0 Å². The third-order valence-electron chi connectivity index (χ3n) is 1.97. The highest BCUT2D eigenvalue weighted by atomic mass is 16.5. The summed E-state index contributed by atoms with van der Waals surface area (Å²) in [4.78, 5) is 6.35. The van der Waals surface area contributed by atoms with Crippen molar-refractivity contribution >= 4 is 5.69 Å². The van der Waals surface area contributed by atoms with Gasteiger partial charge in [0.05, 0.1) is 18.5 Å². The Morgan fingerprint density at radius 3 is 2.77 bits per heavy atom. The fourth-order valence-corrected chi connectivity index (χ4v) is 1.04. The van der Waals surface area contributed by atoms with Gasteiger partial charge >= 0.3 is 0 Å². The molecule has 0 unspecified atom stereocenters. The average Bonchev–Trinajstić information content (AvgIpc) is 2.15. The van der Waals surface area contributed by atoms with Crippen molar-refractivity contribution in [3.8, 4) is 0 Å². The van der Waals surface area contributed by atoms with Crippen molar-refractivity contribution in [2.45, 2.75) is 6.92 Å². The Hall–Kier alpha value is -1.09. The van der Waals surface area contributed by atoms with Gasteiger partial charge in [0, 0.05) is 26.4 Å². The number of anilines is 1. The molecule has 0 amide bonds. The van der Waals surface area contributed by atoms with E-state index in [9.17, 15) is 0 Å². The van der Waals surface area contributed by atoms with Gasteiger partial charge in [-0.25, -0.2) is 0 Å². The summed E-state index contributed by atoms with van der Waals surface area (Å²) in [5.74, 6) is 0. The molecule has 3 heteroatoms. The van der Waals surface area contributed by atoms with Crippen LogP contribution < -0.4 is 4.90 Å². The molecule has 72 valence electrons. The van der Waals surface area contributed by atoms with Crippen LogP contribution in [0, 0.1) is 6.92 Å². The summed E-state index contributed by atoms with van der Waals surface area (Å²) >= 11 is 0. The fraction of sp³-hybridized carbons (Fsp3) is 0.500. The number of methoxy groups -OCH3 is 1. The maximum absolute atomic E-state index is 5.00. The molecular formula is C10H16N2O. The SMILES string of the molecule is COCCN(C)c1ccc(C)nc1. The first kappa shape index (κ1) is 9.99. The van der Waals surface area contributed by atoms with Gasteiger partial charge in [0.1, 0.15) is 0 Å². The van der Waals surface area contributed by atoms with Crippen LogP contribution in [-0.2, 0) is 4.74 Å². The highest BCUT2D eigenvalue weighted by Crippen LogP contribution is 2.09. The van der Waals surface area contributed by atoms with Crippen LogP contribution >= 0.6 is 0 Å². The molecule has 1 aromatic heterocycles. The van der Waals surface area contributed by atoms with Crippen LogP contribution in [0.1, 0.15) is 5.69 Å². The molecule has 1 heterocycles. The molecule has 0 saturated carbocycles. The molecule has 0 aromatic carbocycles. The van der Waals surface area contributed by atoms with Gasteiger partial charge in [-0.3, -0.25) is 4.98 Å². The lowest BCUT2D eigenvalue weighted by molar-refractivity contribution is 0.206. The molecule has 0 atom stereocenters. The molecule has 1 rings (SSSR count).